The largest absolute Gasteiger partial charge is 0.490 e. The molecular formula is C12H18F2N5O13P3. The van der Waals surface area contributed by atoms with Crippen LogP contribution >= 0.6 is 23.5 Å². The van der Waals surface area contributed by atoms with Gasteiger partial charge in [-0.2, -0.15) is 13.6 Å². The van der Waals surface area contributed by atoms with Crippen molar-refractivity contribution in [1.82, 2.24) is 19.5 Å². The number of rotatable bonds is 9. The SMILES string of the molecule is CC1(F)C(n2cnc3c(=O)[nH]c(N)nc32)OC(CF)(COP(=O)(O)OP(=O)(O)OP(=O)(O)O)C1O. The topological polar surface area (TPSA) is 279 Å². The molecule has 1 saturated heterocycles. The van der Waals surface area contributed by atoms with E-state index in [9.17, 15) is 37.8 Å². The summed E-state index contributed by atoms with van der Waals surface area (Å²) < 4.78 is 81.2. The number of aromatic nitrogens is 4. The zero-order valence-electron chi connectivity index (χ0n) is 17.2. The normalized spacial score (nSPS) is 30.9. The van der Waals surface area contributed by atoms with Crippen molar-refractivity contribution >= 4 is 40.6 Å². The molecule has 1 fully saturated rings. The fourth-order valence-corrected chi connectivity index (χ4v) is 6.32. The molecule has 8 N–H and O–H groups in total. The molecule has 0 aromatic carbocycles. The number of ether oxygens (including phenoxy) is 1. The van der Waals surface area contributed by atoms with Gasteiger partial charge >= 0.3 is 23.5 Å². The predicted octanol–water partition coefficient (Wildman–Crippen LogP) is -0.629. The van der Waals surface area contributed by atoms with Crippen LogP contribution in [0.5, 0.6) is 0 Å². The lowest BCUT2D eigenvalue weighted by atomic mass is 9.90. The molecule has 2 aromatic heterocycles. The lowest BCUT2D eigenvalue weighted by Crippen LogP contribution is -2.51. The van der Waals surface area contributed by atoms with Gasteiger partial charge in [0.1, 0.15) is 12.8 Å². The molecule has 0 radical (unpaired) electrons. The number of phosphoric ester groups is 1. The zero-order chi connectivity index (χ0) is 26.6. The molecule has 0 spiro atoms. The third-order valence-electron chi connectivity index (χ3n) is 4.68. The van der Waals surface area contributed by atoms with Crippen LogP contribution in [0.1, 0.15) is 13.2 Å². The first kappa shape index (κ1) is 27.9. The average molecular weight is 571 g/mol. The number of fused-ring (bicyclic) bond motifs is 1. The van der Waals surface area contributed by atoms with Crippen LogP contribution in [0, 0.1) is 0 Å². The van der Waals surface area contributed by atoms with E-state index < -0.39 is 71.9 Å². The molecule has 3 heterocycles. The Balaban J connectivity index is 1.89. The monoisotopic (exact) mass is 571 g/mol. The number of alkyl halides is 2. The number of nitrogens with one attached hydrogen (secondary N) is 1. The number of hydrogen-bond donors (Lipinski definition) is 7. The van der Waals surface area contributed by atoms with Gasteiger partial charge in [0.05, 0.1) is 12.9 Å². The number of nitrogen functional groups attached to an aromatic ring is 1. The van der Waals surface area contributed by atoms with Crippen molar-refractivity contribution in [3.63, 3.8) is 0 Å². The second kappa shape index (κ2) is 9.02. The van der Waals surface area contributed by atoms with E-state index in [2.05, 4.69) is 28.1 Å². The highest BCUT2D eigenvalue weighted by atomic mass is 31.3. The molecule has 6 atom stereocenters. The van der Waals surface area contributed by atoms with Crippen LogP contribution in [-0.2, 0) is 31.6 Å². The van der Waals surface area contributed by atoms with Gasteiger partial charge in [0.15, 0.2) is 28.7 Å². The number of hydrogen-bond acceptors (Lipinski definition) is 12. The quantitative estimate of drug-likeness (QED) is 0.184. The molecule has 23 heteroatoms. The van der Waals surface area contributed by atoms with Gasteiger partial charge < -0.3 is 35.2 Å². The minimum Gasteiger partial charge on any atom is -0.386 e. The van der Waals surface area contributed by atoms with Crippen molar-refractivity contribution in [2.75, 3.05) is 19.0 Å². The highest BCUT2D eigenvalue weighted by Crippen LogP contribution is 2.66. The van der Waals surface area contributed by atoms with Crippen molar-refractivity contribution < 1.29 is 65.0 Å². The predicted molar refractivity (Wildman–Crippen MR) is 107 cm³/mol. The summed E-state index contributed by atoms with van der Waals surface area (Å²) in [6.45, 7) is -2.50. The Morgan fingerprint density at radius 1 is 1.26 bits per heavy atom. The second-order valence-electron chi connectivity index (χ2n) is 7.36. The highest BCUT2D eigenvalue weighted by molar-refractivity contribution is 7.66. The number of nitrogens with two attached hydrogens (primary N) is 1. The minimum atomic E-state index is -5.89. The van der Waals surface area contributed by atoms with Gasteiger partial charge in [0.25, 0.3) is 5.56 Å². The molecule has 0 saturated carbocycles. The molecule has 2 aromatic rings. The van der Waals surface area contributed by atoms with Crippen LogP contribution in [0.2, 0.25) is 0 Å². The summed E-state index contributed by atoms with van der Waals surface area (Å²) in [6.07, 6.45) is -3.52. The molecule has 1 aliphatic heterocycles. The Morgan fingerprint density at radius 2 is 1.89 bits per heavy atom. The van der Waals surface area contributed by atoms with Crippen molar-refractivity contribution in [2.24, 2.45) is 0 Å². The van der Waals surface area contributed by atoms with E-state index in [1.807, 2.05) is 0 Å². The van der Waals surface area contributed by atoms with E-state index in [0.717, 1.165) is 17.8 Å². The van der Waals surface area contributed by atoms with Gasteiger partial charge in [0, 0.05) is 0 Å². The van der Waals surface area contributed by atoms with Crippen LogP contribution in [-0.4, -0.2) is 74.9 Å². The number of nitrogens with zero attached hydrogens (tertiary/aromatic N) is 3. The fourth-order valence-electron chi connectivity index (χ4n) is 3.25. The molecule has 3 rings (SSSR count). The van der Waals surface area contributed by atoms with E-state index in [4.69, 9.17) is 20.3 Å². The molecule has 0 aliphatic carbocycles. The van der Waals surface area contributed by atoms with Crippen LogP contribution in [0.3, 0.4) is 0 Å². The minimum absolute atomic E-state index is 0.320. The molecule has 35 heavy (non-hydrogen) atoms. The van der Waals surface area contributed by atoms with E-state index in [0.29, 0.717) is 0 Å². The standard InChI is InChI=1S/C12H18F2N5O13P3/c1-11(14)8(21)12(2-13,3-29-34(25,26)32-35(27,28)31-33(22,23)24)30-9(11)19-4-16-5-6(19)17-10(15)18-7(5)20/h4,8-9,21H,2-3H2,1H3,(H,25,26)(H,27,28)(H2,22,23,24)(H3,15,17,18,20). The maximum atomic E-state index is 15.6. The second-order valence-corrected chi connectivity index (χ2v) is 11.8. The molecule has 1 aliphatic rings. The van der Waals surface area contributed by atoms with Crippen LogP contribution in [0.15, 0.2) is 11.1 Å². The summed E-state index contributed by atoms with van der Waals surface area (Å²) in [5, 5.41) is 10.5. The van der Waals surface area contributed by atoms with Crippen molar-refractivity contribution in [1.29, 1.82) is 0 Å². The van der Waals surface area contributed by atoms with E-state index in [1.54, 1.807) is 0 Å². The summed E-state index contributed by atoms with van der Waals surface area (Å²) in [5.74, 6) is -0.396. The Hall–Kier alpha value is -1.66. The van der Waals surface area contributed by atoms with Crippen LogP contribution in [0.25, 0.3) is 11.2 Å². The zero-order valence-corrected chi connectivity index (χ0v) is 19.8. The summed E-state index contributed by atoms with van der Waals surface area (Å²) in [5.41, 5.74) is -1.63. The summed E-state index contributed by atoms with van der Waals surface area (Å²) in [7, 11) is -17.3. The van der Waals surface area contributed by atoms with Gasteiger partial charge in [-0.15, -0.1) is 0 Å². The summed E-state index contributed by atoms with van der Waals surface area (Å²) >= 11 is 0. The molecule has 0 bridgehead atoms. The average Bonchev–Trinajstić information content (AvgIpc) is 3.16. The first-order chi connectivity index (χ1) is 15.8. The number of phosphoric acid groups is 3. The Kier molecular flexibility index (Phi) is 7.20. The van der Waals surface area contributed by atoms with E-state index in [-0.39, 0.29) is 11.2 Å². The third kappa shape index (κ3) is 5.69. The van der Waals surface area contributed by atoms with E-state index >= 15 is 4.39 Å². The molecule has 6 unspecified atom stereocenters. The molecule has 198 valence electrons. The number of halogens is 2. The van der Waals surface area contributed by atoms with Crippen molar-refractivity contribution in [2.45, 2.75) is 30.5 Å². The summed E-state index contributed by atoms with van der Waals surface area (Å²) in [4.78, 5) is 57.5. The lowest BCUT2D eigenvalue weighted by Gasteiger charge is -2.30. The maximum Gasteiger partial charge on any atom is 0.490 e. The number of aliphatic hydroxyl groups excluding tert-OH is 1. The number of H-pyrrole nitrogens is 1. The third-order valence-corrected chi connectivity index (χ3v) is 8.46. The first-order valence-electron chi connectivity index (χ1n) is 8.94. The maximum absolute atomic E-state index is 15.6. The van der Waals surface area contributed by atoms with Crippen molar-refractivity contribution in [3.8, 4) is 0 Å². The van der Waals surface area contributed by atoms with Gasteiger partial charge in [0.2, 0.25) is 5.95 Å². The Bertz CT molecular complexity index is 1330. The molecule has 18 nitrogen and oxygen atoms in total. The van der Waals surface area contributed by atoms with Gasteiger partial charge in [-0.3, -0.25) is 18.9 Å². The Morgan fingerprint density at radius 3 is 2.46 bits per heavy atom. The highest BCUT2D eigenvalue weighted by Gasteiger charge is 2.64. The number of imidazole rings is 1. The van der Waals surface area contributed by atoms with E-state index in [1.165, 1.54) is 0 Å². The first-order valence-corrected chi connectivity index (χ1v) is 13.5. The lowest BCUT2D eigenvalue weighted by molar-refractivity contribution is -0.134. The number of anilines is 1. The van der Waals surface area contributed by atoms with Crippen LogP contribution in [0.4, 0.5) is 14.7 Å². The number of aromatic amines is 1. The molecular weight excluding hydrogens is 553 g/mol. The smallest absolute Gasteiger partial charge is 0.386 e. The van der Waals surface area contributed by atoms with Gasteiger partial charge in [-0.25, -0.2) is 27.5 Å². The van der Waals surface area contributed by atoms with Crippen LogP contribution < -0.4 is 11.3 Å². The van der Waals surface area contributed by atoms with Crippen molar-refractivity contribution in [3.05, 3.63) is 16.7 Å². The Labute approximate surface area is 192 Å². The summed E-state index contributed by atoms with van der Waals surface area (Å²) in [6, 6.07) is 0. The van der Waals surface area contributed by atoms with Gasteiger partial charge in [-0.1, -0.05) is 0 Å². The number of aliphatic hydroxyl groups is 1. The molecule has 0 amide bonds. The van der Waals surface area contributed by atoms with Gasteiger partial charge in [-0.05, 0) is 6.92 Å². The fraction of sp³-hybridized carbons (Fsp3) is 0.583.